The Morgan fingerprint density at radius 3 is 2.83 bits per heavy atom. The highest BCUT2D eigenvalue weighted by atomic mass is 31.2. The monoisotopic (exact) mass is 515 g/mol. The second-order valence-corrected chi connectivity index (χ2v) is 9.16. The van der Waals surface area contributed by atoms with Crippen LogP contribution in [-0.2, 0) is 24.5 Å². The van der Waals surface area contributed by atoms with Crippen molar-refractivity contribution in [3.63, 3.8) is 0 Å². The van der Waals surface area contributed by atoms with E-state index in [1.165, 1.54) is 23.3 Å². The molecule has 2 aromatic heterocycles. The molecule has 0 spiro atoms. The fourth-order valence-electron chi connectivity index (χ4n) is 3.92. The van der Waals surface area contributed by atoms with Gasteiger partial charge in [0.15, 0.2) is 17.7 Å². The summed E-state index contributed by atoms with van der Waals surface area (Å²) in [6.45, 7) is 0.0214. The Morgan fingerprint density at radius 2 is 2.03 bits per heavy atom. The first-order chi connectivity index (χ1) is 16.7. The maximum Gasteiger partial charge on any atom is 0.416 e. The molecule has 188 valence electrons. The van der Waals surface area contributed by atoms with E-state index in [2.05, 4.69) is 15.0 Å². The van der Waals surface area contributed by atoms with E-state index in [1.54, 1.807) is 6.07 Å². The second kappa shape index (κ2) is 9.54. The first-order valence-electron chi connectivity index (χ1n) is 10.6. The van der Waals surface area contributed by atoms with Crippen LogP contribution in [0, 0.1) is 0 Å². The lowest BCUT2D eigenvalue weighted by Crippen LogP contribution is -2.33. The van der Waals surface area contributed by atoms with E-state index in [4.69, 9.17) is 24.0 Å². The van der Waals surface area contributed by atoms with Crippen molar-refractivity contribution in [2.45, 2.75) is 43.2 Å². The van der Waals surface area contributed by atoms with E-state index in [1.807, 2.05) is 0 Å². The summed E-state index contributed by atoms with van der Waals surface area (Å²) in [6, 6.07) is 4.91. The number of aliphatic hydroxyl groups excluding tert-OH is 2. The molecule has 0 aliphatic carbocycles. The summed E-state index contributed by atoms with van der Waals surface area (Å²) in [5.74, 6) is 0.159. The molecule has 0 radical (unpaired) electrons. The SMILES string of the molecule is Nc1ncnc2c1ncn2[C@@H]1O[C@H](COP2OCCC(c3cccc(C(F)(F)F)c3)O2)[C@@H](O)[C@H]1O. The lowest BCUT2D eigenvalue weighted by Gasteiger charge is -2.29. The van der Waals surface area contributed by atoms with Crippen LogP contribution >= 0.6 is 8.60 Å². The van der Waals surface area contributed by atoms with Gasteiger partial charge in [-0.2, -0.15) is 13.2 Å². The van der Waals surface area contributed by atoms with Gasteiger partial charge in [-0.3, -0.25) is 4.57 Å². The number of aromatic nitrogens is 4. The molecule has 2 fully saturated rings. The summed E-state index contributed by atoms with van der Waals surface area (Å²) in [7, 11) is -1.92. The minimum atomic E-state index is -4.46. The summed E-state index contributed by atoms with van der Waals surface area (Å²) in [5, 5.41) is 21.0. The quantitative estimate of drug-likeness (QED) is 0.433. The lowest BCUT2D eigenvalue weighted by atomic mass is 10.0. The first-order valence-corrected chi connectivity index (χ1v) is 11.7. The number of nitrogens with two attached hydrogens (primary N) is 1. The maximum absolute atomic E-state index is 13.1. The number of imidazole rings is 1. The van der Waals surface area contributed by atoms with Crippen LogP contribution in [0.1, 0.15) is 29.9 Å². The molecule has 2 unspecified atom stereocenters. The minimum absolute atomic E-state index is 0.159. The number of benzene rings is 1. The number of ether oxygens (including phenoxy) is 1. The van der Waals surface area contributed by atoms with Crippen LogP contribution < -0.4 is 5.73 Å². The zero-order chi connectivity index (χ0) is 24.7. The van der Waals surface area contributed by atoms with Crippen molar-refractivity contribution in [2.75, 3.05) is 18.9 Å². The highest BCUT2D eigenvalue weighted by molar-refractivity contribution is 7.41. The van der Waals surface area contributed by atoms with Crippen molar-refractivity contribution >= 4 is 25.6 Å². The Kier molecular flexibility index (Phi) is 6.61. The van der Waals surface area contributed by atoms with Gasteiger partial charge >= 0.3 is 14.8 Å². The third kappa shape index (κ3) is 4.83. The second-order valence-electron chi connectivity index (χ2n) is 7.99. The molecule has 11 nitrogen and oxygen atoms in total. The molecule has 4 heterocycles. The smallest absolute Gasteiger partial charge is 0.387 e. The summed E-state index contributed by atoms with van der Waals surface area (Å²) in [4.78, 5) is 12.1. The van der Waals surface area contributed by atoms with Crippen LogP contribution in [0.25, 0.3) is 11.2 Å². The zero-order valence-corrected chi connectivity index (χ0v) is 18.8. The average Bonchev–Trinajstić information content (AvgIpc) is 3.39. The summed E-state index contributed by atoms with van der Waals surface area (Å²) >= 11 is 0. The van der Waals surface area contributed by atoms with Gasteiger partial charge in [0.1, 0.15) is 30.2 Å². The van der Waals surface area contributed by atoms with Crippen molar-refractivity contribution in [3.05, 3.63) is 48.0 Å². The van der Waals surface area contributed by atoms with Crippen molar-refractivity contribution in [1.82, 2.24) is 19.5 Å². The topological polar surface area (TPSA) is 147 Å². The number of nitrogens with zero attached hydrogens (tertiary/aromatic N) is 4. The number of rotatable bonds is 5. The minimum Gasteiger partial charge on any atom is -0.387 e. The molecular weight excluding hydrogens is 494 g/mol. The zero-order valence-electron chi connectivity index (χ0n) is 17.9. The van der Waals surface area contributed by atoms with Crippen LogP contribution in [0.3, 0.4) is 0 Å². The van der Waals surface area contributed by atoms with Crippen LogP contribution in [0.4, 0.5) is 19.0 Å². The number of aliphatic hydroxyl groups is 2. The summed E-state index contributed by atoms with van der Waals surface area (Å²) in [6.07, 6.45) is -6.74. The molecule has 1 aromatic carbocycles. The largest absolute Gasteiger partial charge is 0.416 e. The number of anilines is 1. The molecule has 3 aromatic rings. The van der Waals surface area contributed by atoms with E-state index in [0.717, 1.165) is 12.1 Å². The standard InChI is InChI=1S/C20H21F3N5O6P/c21-20(22,23)11-3-1-2-10(6-11)12-4-5-31-35(34-12)32-7-13-15(29)16(30)19(33-13)28-9-27-14-17(24)25-8-26-18(14)28/h1-3,6,8-9,12-13,15-16,19,29-30H,4-5,7H2,(H2,24,25,26)/t12?,13-,15-,16-,19-,35?/m1/s1. The summed E-state index contributed by atoms with van der Waals surface area (Å²) in [5.41, 5.74) is 6.03. The van der Waals surface area contributed by atoms with E-state index in [-0.39, 0.29) is 19.0 Å². The highest BCUT2D eigenvalue weighted by Crippen LogP contribution is 2.50. The Balaban J connectivity index is 1.23. The molecule has 2 saturated heterocycles. The molecule has 5 rings (SSSR count). The van der Waals surface area contributed by atoms with Crippen LogP contribution in [-0.4, -0.2) is 61.3 Å². The van der Waals surface area contributed by atoms with Crippen LogP contribution in [0.15, 0.2) is 36.9 Å². The number of fused-ring (bicyclic) bond motifs is 1. The van der Waals surface area contributed by atoms with Gasteiger partial charge in [0, 0.05) is 6.42 Å². The Labute approximate surface area is 197 Å². The van der Waals surface area contributed by atoms with Crippen molar-refractivity contribution in [2.24, 2.45) is 0 Å². The Hall–Kier alpha value is -2.45. The first kappa shape index (κ1) is 24.3. The van der Waals surface area contributed by atoms with E-state index in [9.17, 15) is 23.4 Å². The van der Waals surface area contributed by atoms with E-state index >= 15 is 0 Å². The van der Waals surface area contributed by atoms with Gasteiger partial charge in [-0.1, -0.05) is 12.1 Å². The Morgan fingerprint density at radius 1 is 1.20 bits per heavy atom. The van der Waals surface area contributed by atoms with Gasteiger partial charge in [0.25, 0.3) is 0 Å². The molecule has 0 bridgehead atoms. The van der Waals surface area contributed by atoms with Gasteiger partial charge in [-0.15, -0.1) is 0 Å². The number of hydrogen-bond donors (Lipinski definition) is 3. The third-order valence-electron chi connectivity index (χ3n) is 5.72. The predicted molar refractivity (Wildman–Crippen MR) is 114 cm³/mol. The Bertz CT molecular complexity index is 1200. The molecule has 2 aliphatic heterocycles. The molecule has 4 N–H and O–H groups in total. The van der Waals surface area contributed by atoms with Crippen molar-refractivity contribution < 1.29 is 41.7 Å². The molecule has 35 heavy (non-hydrogen) atoms. The molecule has 0 amide bonds. The normalized spacial score (nSPS) is 29.6. The molecule has 6 atom stereocenters. The van der Waals surface area contributed by atoms with E-state index < -0.39 is 51.0 Å². The van der Waals surface area contributed by atoms with Gasteiger partial charge in [0.2, 0.25) is 0 Å². The van der Waals surface area contributed by atoms with Gasteiger partial charge in [-0.25, -0.2) is 15.0 Å². The lowest BCUT2D eigenvalue weighted by molar-refractivity contribution is -0.137. The van der Waals surface area contributed by atoms with Crippen molar-refractivity contribution in [3.8, 4) is 0 Å². The number of nitrogen functional groups attached to an aromatic ring is 1. The maximum atomic E-state index is 13.1. The number of halogens is 3. The number of hydrogen-bond acceptors (Lipinski definition) is 10. The van der Waals surface area contributed by atoms with Gasteiger partial charge in [0.05, 0.1) is 31.2 Å². The summed E-state index contributed by atoms with van der Waals surface area (Å²) < 4.78 is 63.2. The third-order valence-corrected chi connectivity index (χ3v) is 6.90. The van der Waals surface area contributed by atoms with Gasteiger partial charge in [-0.05, 0) is 17.7 Å². The molecular formula is C20H21F3N5O6P. The highest BCUT2D eigenvalue weighted by Gasteiger charge is 2.45. The van der Waals surface area contributed by atoms with Gasteiger partial charge < -0.3 is 34.3 Å². The van der Waals surface area contributed by atoms with E-state index in [0.29, 0.717) is 23.1 Å². The average molecular weight is 515 g/mol. The fraction of sp³-hybridized carbons (Fsp3) is 0.450. The predicted octanol–water partition coefficient (Wildman–Crippen LogP) is 2.47. The molecule has 2 aliphatic rings. The van der Waals surface area contributed by atoms with Crippen molar-refractivity contribution in [1.29, 1.82) is 0 Å². The van der Waals surface area contributed by atoms with Crippen LogP contribution in [0.2, 0.25) is 0 Å². The molecule has 15 heteroatoms. The number of alkyl halides is 3. The fourth-order valence-corrected chi connectivity index (χ4v) is 5.07. The molecule has 0 saturated carbocycles. The van der Waals surface area contributed by atoms with Crippen LogP contribution in [0.5, 0.6) is 0 Å².